The van der Waals surface area contributed by atoms with Gasteiger partial charge in [0.2, 0.25) is 0 Å². The molecule has 5 nitrogen and oxygen atoms in total. The molecule has 0 amide bonds. The summed E-state index contributed by atoms with van der Waals surface area (Å²) in [5.74, 6) is -0.138. The number of hydrogen-bond donors (Lipinski definition) is 2. The molecule has 1 atom stereocenters. The predicted octanol–water partition coefficient (Wildman–Crippen LogP) is 4.21. The fraction of sp³-hybridized carbons (Fsp3) is 1.00. The largest absolute Gasteiger partial charge is 0.396 e. The van der Waals surface area contributed by atoms with Gasteiger partial charge in [-0.25, -0.2) is 0 Å². The Bertz CT molecular complexity index is 303. The van der Waals surface area contributed by atoms with Crippen molar-refractivity contribution in [3.63, 3.8) is 0 Å². The molecule has 164 valence electrons. The third kappa shape index (κ3) is 12.8. The van der Waals surface area contributed by atoms with Crippen molar-refractivity contribution >= 4 is 0 Å². The van der Waals surface area contributed by atoms with Crippen LogP contribution in [0.3, 0.4) is 0 Å². The number of unbranched alkanes of at least 4 members (excludes halogenated alkanes) is 5. The van der Waals surface area contributed by atoms with Gasteiger partial charge in [0.15, 0.2) is 5.79 Å². The van der Waals surface area contributed by atoms with Gasteiger partial charge in [-0.05, 0) is 45.6 Å². The SMILES string of the molecule is CCCCCCCCC(CCCN(CCCO)CCCO)C(C)(OC)OC. The summed E-state index contributed by atoms with van der Waals surface area (Å²) in [5, 5.41) is 18.2. The fourth-order valence-electron chi connectivity index (χ4n) is 3.74. The first-order chi connectivity index (χ1) is 13.1. The molecule has 0 aliphatic carbocycles. The number of hydrogen-bond acceptors (Lipinski definition) is 5. The topological polar surface area (TPSA) is 62.2 Å². The number of nitrogens with zero attached hydrogens (tertiary/aromatic N) is 1. The summed E-state index contributed by atoms with van der Waals surface area (Å²) in [6.45, 7) is 7.54. The molecule has 0 radical (unpaired) electrons. The van der Waals surface area contributed by atoms with Crippen LogP contribution >= 0.6 is 0 Å². The lowest BCUT2D eigenvalue weighted by Crippen LogP contribution is -2.39. The Balaban J connectivity index is 4.46. The average molecular weight is 390 g/mol. The van der Waals surface area contributed by atoms with Crippen molar-refractivity contribution in [2.24, 2.45) is 5.92 Å². The third-order valence-corrected chi connectivity index (χ3v) is 5.75. The van der Waals surface area contributed by atoms with Crippen LogP contribution in [0.15, 0.2) is 0 Å². The average Bonchev–Trinajstić information content (AvgIpc) is 2.69. The number of rotatable bonds is 20. The van der Waals surface area contributed by atoms with E-state index in [1.807, 2.05) is 0 Å². The summed E-state index contributed by atoms with van der Waals surface area (Å²) < 4.78 is 11.5. The normalized spacial score (nSPS) is 13.4. The minimum Gasteiger partial charge on any atom is -0.396 e. The fourth-order valence-corrected chi connectivity index (χ4v) is 3.74. The van der Waals surface area contributed by atoms with Crippen molar-refractivity contribution in [2.45, 2.75) is 90.3 Å². The zero-order valence-electron chi connectivity index (χ0n) is 18.5. The Kier molecular flexibility index (Phi) is 17.7. The molecule has 0 bridgehead atoms. The number of aliphatic hydroxyl groups excluding tert-OH is 2. The van der Waals surface area contributed by atoms with Crippen molar-refractivity contribution in [1.29, 1.82) is 0 Å². The highest BCUT2D eigenvalue weighted by Gasteiger charge is 2.33. The molecule has 0 aliphatic rings. The van der Waals surface area contributed by atoms with E-state index in [4.69, 9.17) is 19.7 Å². The Morgan fingerprint density at radius 1 is 0.741 bits per heavy atom. The maximum atomic E-state index is 9.09. The first kappa shape index (κ1) is 26.8. The number of aliphatic hydroxyl groups is 2. The molecular weight excluding hydrogens is 342 g/mol. The van der Waals surface area contributed by atoms with Gasteiger partial charge in [0.1, 0.15) is 0 Å². The molecule has 0 aromatic rings. The Labute approximate surface area is 168 Å². The first-order valence-electron chi connectivity index (χ1n) is 11.1. The van der Waals surface area contributed by atoms with E-state index >= 15 is 0 Å². The van der Waals surface area contributed by atoms with E-state index < -0.39 is 5.79 Å². The lowest BCUT2D eigenvalue weighted by Gasteiger charge is -2.36. The van der Waals surface area contributed by atoms with Gasteiger partial charge in [-0.15, -0.1) is 0 Å². The van der Waals surface area contributed by atoms with Crippen LogP contribution < -0.4 is 0 Å². The Hall–Kier alpha value is -0.200. The lowest BCUT2D eigenvalue weighted by molar-refractivity contribution is -0.230. The van der Waals surface area contributed by atoms with E-state index in [1.54, 1.807) is 14.2 Å². The van der Waals surface area contributed by atoms with E-state index in [1.165, 1.54) is 38.5 Å². The standard InChI is InChI=1S/C22H47NO4/c1-5-6-7-8-9-10-14-21(22(2,26-3)27-4)15-11-16-23(17-12-19-24)18-13-20-25/h21,24-25H,5-20H2,1-4H3. The molecule has 5 heteroatoms. The molecule has 0 fully saturated rings. The second-order valence-electron chi connectivity index (χ2n) is 7.82. The van der Waals surface area contributed by atoms with Crippen molar-refractivity contribution in [2.75, 3.05) is 47.1 Å². The number of ether oxygens (including phenoxy) is 2. The van der Waals surface area contributed by atoms with E-state index in [0.29, 0.717) is 5.92 Å². The smallest absolute Gasteiger partial charge is 0.167 e. The molecule has 0 heterocycles. The van der Waals surface area contributed by atoms with Crippen molar-refractivity contribution in [3.05, 3.63) is 0 Å². The Morgan fingerprint density at radius 2 is 1.22 bits per heavy atom. The summed E-state index contributed by atoms with van der Waals surface area (Å²) in [4.78, 5) is 2.35. The molecule has 0 saturated heterocycles. The molecule has 1 unspecified atom stereocenters. The first-order valence-corrected chi connectivity index (χ1v) is 11.1. The highest BCUT2D eigenvalue weighted by atomic mass is 16.7. The maximum absolute atomic E-state index is 9.09. The van der Waals surface area contributed by atoms with Gasteiger partial charge < -0.3 is 24.6 Å². The molecule has 0 aliphatic heterocycles. The number of methoxy groups -OCH3 is 2. The lowest BCUT2D eigenvalue weighted by atomic mass is 9.88. The monoisotopic (exact) mass is 389 g/mol. The van der Waals surface area contributed by atoms with Gasteiger partial charge >= 0.3 is 0 Å². The maximum Gasteiger partial charge on any atom is 0.167 e. The zero-order valence-corrected chi connectivity index (χ0v) is 18.5. The van der Waals surface area contributed by atoms with Gasteiger partial charge in [0.25, 0.3) is 0 Å². The van der Waals surface area contributed by atoms with Crippen LogP contribution in [0, 0.1) is 5.92 Å². The minimum atomic E-state index is -0.523. The van der Waals surface area contributed by atoms with Crippen LogP contribution in [-0.2, 0) is 9.47 Å². The van der Waals surface area contributed by atoms with Gasteiger partial charge in [0, 0.05) is 46.4 Å². The Morgan fingerprint density at radius 3 is 1.74 bits per heavy atom. The van der Waals surface area contributed by atoms with Crippen LogP contribution in [0.2, 0.25) is 0 Å². The molecular formula is C22H47NO4. The summed E-state index contributed by atoms with van der Waals surface area (Å²) in [7, 11) is 3.49. The van der Waals surface area contributed by atoms with Crippen LogP contribution in [0.25, 0.3) is 0 Å². The van der Waals surface area contributed by atoms with E-state index in [-0.39, 0.29) is 13.2 Å². The van der Waals surface area contributed by atoms with Crippen molar-refractivity contribution in [1.82, 2.24) is 4.90 Å². The summed E-state index contributed by atoms with van der Waals surface area (Å²) in [6, 6.07) is 0. The molecule has 0 spiro atoms. The third-order valence-electron chi connectivity index (χ3n) is 5.75. The zero-order chi connectivity index (χ0) is 20.4. The summed E-state index contributed by atoms with van der Waals surface area (Å²) in [6.07, 6.45) is 12.7. The van der Waals surface area contributed by atoms with Crippen molar-refractivity contribution < 1.29 is 19.7 Å². The second-order valence-corrected chi connectivity index (χ2v) is 7.82. The van der Waals surface area contributed by atoms with Gasteiger partial charge in [0.05, 0.1) is 0 Å². The van der Waals surface area contributed by atoms with Crippen molar-refractivity contribution in [3.8, 4) is 0 Å². The quantitative estimate of drug-likeness (QED) is 0.241. The van der Waals surface area contributed by atoms with Crippen LogP contribution in [0.5, 0.6) is 0 Å². The van der Waals surface area contributed by atoms with Gasteiger partial charge in [-0.1, -0.05) is 45.4 Å². The molecule has 0 aromatic carbocycles. The molecule has 0 saturated carbocycles. The second kappa shape index (κ2) is 17.9. The highest BCUT2D eigenvalue weighted by molar-refractivity contribution is 4.76. The van der Waals surface area contributed by atoms with Crippen LogP contribution in [0.4, 0.5) is 0 Å². The molecule has 2 N–H and O–H groups in total. The minimum absolute atomic E-state index is 0.224. The predicted molar refractivity (Wildman–Crippen MR) is 113 cm³/mol. The molecule has 0 aromatic heterocycles. The van der Waals surface area contributed by atoms with Crippen LogP contribution in [-0.4, -0.2) is 68.0 Å². The molecule has 0 rings (SSSR count). The molecule has 27 heavy (non-hydrogen) atoms. The van der Waals surface area contributed by atoms with E-state index in [2.05, 4.69) is 18.7 Å². The summed E-state index contributed by atoms with van der Waals surface area (Å²) in [5.41, 5.74) is 0. The highest BCUT2D eigenvalue weighted by Crippen LogP contribution is 2.31. The van der Waals surface area contributed by atoms with Crippen LogP contribution in [0.1, 0.15) is 84.5 Å². The summed E-state index contributed by atoms with van der Waals surface area (Å²) >= 11 is 0. The van der Waals surface area contributed by atoms with Gasteiger partial charge in [-0.2, -0.15) is 0 Å². The van der Waals surface area contributed by atoms with E-state index in [0.717, 1.165) is 51.7 Å². The van der Waals surface area contributed by atoms with Gasteiger partial charge in [-0.3, -0.25) is 0 Å². The van der Waals surface area contributed by atoms with E-state index in [9.17, 15) is 0 Å².